The molecule has 3 rings (SSSR count). The second-order valence-corrected chi connectivity index (χ2v) is 8.35. The van der Waals surface area contributed by atoms with Crippen molar-refractivity contribution < 1.29 is 13.3 Å². The van der Waals surface area contributed by atoms with Gasteiger partial charge in [0.15, 0.2) is 9.84 Å². The van der Waals surface area contributed by atoms with Gasteiger partial charge in [-0.2, -0.15) is 0 Å². The molecule has 0 spiro atoms. The van der Waals surface area contributed by atoms with E-state index >= 15 is 0 Å². The molecule has 2 aromatic carbocycles. The average Bonchev–Trinajstić information content (AvgIpc) is 2.68. The summed E-state index contributed by atoms with van der Waals surface area (Å²) in [6.45, 7) is 3.37. The third-order valence-electron chi connectivity index (χ3n) is 4.56. The molecule has 0 atom stereocenters. The quantitative estimate of drug-likeness (QED) is 0.568. The molecule has 0 amide bonds. The molecule has 0 radical (unpaired) electrons. The Bertz CT molecular complexity index is 863. The molecule has 26 heavy (non-hydrogen) atoms. The topological polar surface area (TPSA) is 83.8 Å². The maximum Gasteiger partial charge on any atom is 0.271 e. The second-order valence-electron chi connectivity index (χ2n) is 6.24. The van der Waals surface area contributed by atoms with Crippen molar-refractivity contribution in [3.05, 3.63) is 64.7 Å². The summed E-state index contributed by atoms with van der Waals surface area (Å²) in [4.78, 5) is 15.1. The van der Waals surface area contributed by atoms with Gasteiger partial charge in [0.2, 0.25) is 0 Å². The van der Waals surface area contributed by atoms with E-state index in [1.165, 1.54) is 6.07 Å². The number of hydrogen-bond acceptors (Lipinski definition) is 6. The molecular formula is C18H21N3O4S. The number of nitro benzene ring substituents is 1. The second kappa shape index (κ2) is 7.84. The van der Waals surface area contributed by atoms with E-state index in [1.807, 2.05) is 6.07 Å². The van der Waals surface area contributed by atoms with Crippen molar-refractivity contribution in [1.29, 1.82) is 0 Å². The van der Waals surface area contributed by atoms with Gasteiger partial charge in [-0.05, 0) is 18.2 Å². The summed E-state index contributed by atoms with van der Waals surface area (Å²) < 4.78 is 24.7. The predicted octanol–water partition coefficient (Wildman–Crippen LogP) is 2.19. The third-order valence-corrected chi connectivity index (χ3v) is 6.27. The summed E-state index contributed by atoms with van der Waals surface area (Å²) in [5.74, 6) is 0.0911. The molecule has 0 saturated carbocycles. The van der Waals surface area contributed by atoms with Gasteiger partial charge in [-0.25, -0.2) is 8.42 Å². The highest BCUT2D eigenvalue weighted by molar-refractivity contribution is 7.91. The number of hydrogen-bond donors (Lipinski definition) is 0. The van der Waals surface area contributed by atoms with Crippen LogP contribution in [0.15, 0.2) is 59.5 Å². The Morgan fingerprint density at radius 3 is 2.31 bits per heavy atom. The standard InChI is InChI=1S/C18H21N3O4S/c22-21(23)17-6-4-5-16(15-17)20-11-9-19(10-12-20)13-14-26(24,25)18-7-2-1-3-8-18/h1-8,15H,9-14H2. The molecular weight excluding hydrogens is 354 g/mol. The van der Waals surface area contributed by atoms with Crippen LogP contribution in [0.2, 0.25) is 0 Å². The van der Waals surface area contributed by atoms with Crippen molar-refractivity contribution in [2.45, 2.75) is 4.90 Å². The van der Waals surface area contributed by atoms with Crippen molar-refractivity contribution in [2.75, 3.05) is 43.4 Å². The van der Waals surface area contributed by atoms with E-state index in [9.17, 15) is 18.5 Å². The Balaban J connectivity index is 1.54. The highest BCUT2D eigenvalue weighted by Gasteiger charge is 2.21. The fourth-order valence-corrected chi connectivity index (χ4v) is 4.33. The first-order valence-electron chi connectivity index (χ1n) is 8.45. The third kappa shape index (κ3) is 4.39. The van der Waals surface area contributed by atoms with Crippen LogP contribution in [-0.4, -0.2) is 56.7 Å². The molecule has 0 aromatic heterocycles. The van der Waals surface area contributed by atoms with Gasteiger partial charge in [0.1, 0.15) is 0 Å². The molecule has 1 heterocycles. The molecule has 1 saturated heterocycles. The van der Waals surface area contributed by atoms with Crippen LogP contribution in [0.1, 0.15) is 0 Å². The first kappa shape index (κ1) is 18.3. The van der Waals surface area contributed by atoms with Crippen molar-refractivity contribution in [2.24, 2.45) is 0 Å². The number of nitrogens with zero attached hydrogens (tertiary/aromatic N) is 3. The van der Waals surface area contributed by atoms with Gasteiger partial charge in [-0.15, -0.1) is 0 Å². The van der Waals surface area contributed by atoms with Crippen LogP contribution in [-0.2, 0) is 9.84 Å². The number of non-ortho nitro benzene ring substituents is 1. The first-order valence-corrected chi connectivity index (χ1v) is 10.1. The van der Waals surface area contributed by atoms with Crippen LogP contribution in [0.25, 0.3) is 0 Å². The van der Waals surface area contributed by atoms with Crippen molar-refractivity contribution in [3.63, 3.8) is 0 Å². The summed E-state index contributed by atoms with van der Waals surface area (Å²) in [7, 11) is -3.27. The van der Waals surface area contributed by atoms with Crippen LogP contribution in [0.4, 0.5) is 11.4 Å². The van der Waals surface area contributed by atoms with Crippen LogP contribution < -0.4 is 4.90 Å². The lowest BCUT2D eigenvalue weighted by atomic mass is 10.2. The summed E-state index contributed by atoms with van der Waals surface area (Å²) in [5, 5.41) is 10.9. The summed E-state index contributed by atoms with van der Waals surface area (Å²) >= 11 is 0. The molecule has 0 bridgehead atoms. The van der Waals surface area contributed by atoms with Crippen LogP contribution >= 0.6 is 0 Å². The van der Waals surface area contributed by atoms with Crippen molar-refractivity contribution in [1.82, 2.24) is 4.90 Å². The Morgan fingerprint density at radius 1 is 0.962 bits per heavy atom. The van der Waals surface area contributed by atoms with Gasteiger partial charge in [0.05, 0.1) is 15.6 Å². The van der Waals surface area contributed by atoms with E-state index in [0.29, 0.717) is 24.5 Å². The van der Waals surface area contributed by atoms with E-state index in [4.69, 9.17) is 0 Å². The van der Waals surface area contributed by atoms with Crippen LogP contribution in [0, 0.1) is 10.1 Å². The zero-order valence-electron chi connectivity index (χ0n) is 14.3. The highest BCUT2D eigenvalue weighted by atomic mass is 32.2. The van der Waals surface area contributed by atoms with Crippen molar-refractivity contribution in [3.8, 4) is 0 Å². The molecule has 0 aliphatic carbocycles. The molecule has 7 nitrogen and oxygen atoms in total. The van der Waals surface area contributed by atoms with Crippen molar-refractivity contribution >= 4 is 21.2 Å². The van der Waals surface area contributed by atoms with Gasteiger partial charge >= 0.3 is 0 Å². The molecule has 0 unspecified atom stereocenters. The van der Waals surface area contributed by atoms with E-state index in [0.717, 1.165) is 18.8 Å². The number of nitro groups is 1. The fraction of sp³-hybridized carbons (Fsp3) is 0.333. The number of rotatable bonds is 6. The van der Waals surface area contributed by atoms with E-state index in [-0.39, 0.29) is 11.4 Å². The lowest BCUT2D eigenvalue weighted by Gasteiger charge is -2.35. The maximum absolute atomic E-state index is 12.4. The van der Waals surface area contributed by atoms with Gasteiger partial charge in [0, 0.05) is 50.5 Å². The number of anilines is 1. The molecule has 2 aromatic rings. The molecule has 8 heteroatoms. The molecule has 1 fully saturated rings. The first-order chi connectivity index (χ1) is 12.5. The molecule has 1 aliphatic rings. The predicted molar refractivity (Wildman–Crippen MR) is 100 cm³/mol. The number of benzene rings is 2. The molecule has 0 N–H and O–H groups in total. The lowest BCUT2D eigenvalue weighted by Crippen LogP contribution is -2.47. The van der Waals surface area contributed by atoms with Gasteiger partial charge in [-0.1, -0.05) is 24.3 Å². The van der Waals surface area contributed by atoms with Gasteiger partial charge in [-0.3, -0.25) is 15.0 Å². The summed E-state index contributed by atoms with van der Waals surface area (Å²) in [6, 6.07) is 15.1. The van der Waals surface area contributed by atoms with Crippen LogP contribution in [0.5, 0.6) is 0 Å². The normalized spacial score (nSPS) is 15.8. The van der Waals surface area contributed by atoms with Gasteiger partial charge < -0.3 is 4.90 Å². The number of piperazine rings is 1. The van der Waals surface area contributed by atoms with E-state index in [1.54, 1.807) is 42.5 Å². The lowest BCUT2D eigenvalue weighted by molar-refractivity contribution is -0.384. The Morgan fingerprint density at radius 2 is 1.65 bits per heavy atom. The maximum atomic E-state index is 12.4. The number of sulfone groups is 1. The zero-order chi connectivity index (χ0) is 18.6. The van der Waals surface area contributed by atoms with Crippen LogP contribution in [0.3, 0.4) is 0 Å². The monoisotopic (exact) mass is 375 g/mol. The Kier molecular flexibility index (Phi) is 5.53. The minimum absolute atomic E-state index is 0.0823. The Hall–Kier alpha value is -2.45. The fourth-order valence-electron chi connectivity index (χ4n) is 3.03. The van der Waals surface area contributed by atoms with Gasteiger partial charge in [0.25, 0.3) is 5.69 Å². The zero-order valence-corrected chi connectivity index (χ0v) is 15.1. The minimum atomic E-state index is -3.27. The largest absolute Gasteiger partial charge is 0.369 e. The summed E-state index contributed by atoms with van der Waals surface area (Å²) in [6.07, 6.45) is 0. The highest BCUT2D eigenvalue weighted by Crippen LogP contribution is 2.22. The van der Waals surface area contributed by atoms with E-state index in [2.05, 4.69) is 9.80 Å². The SMILES string of the molecule is O=[N+]([O-])c1cccc(N2CCN(CCS(=O)(=O)c3ccccc3)CC2)c1. The smallest absolute Gasteiger partial charge is 0.271 e. The Labute approximate surface area is 152 Å². The minimum Gasteiger partial charge on any atom is -0.369 e. The molecule has 138 valence electrons. The molecule has 1 aliphatic heterocycles. The van der Waals surface area contributed by atoms with E-state index < -0.39 is 14.8 Å². The summed E-state index contributed by atoms with van der Waals surface area (Å²) in [5.41, 5.74) is 0.912. The average molecular weight is 375 g/mol.